The van der Waals surface area contributed by atoms with Crippen LogP contribution in [0.2, 0.25) is 0 Å². The van der Waals surface area contributed by atoms with Gasteiger partial charge in [0.05, 0.1) is 11.1 Å². The van der Waals surface area contributed by atoms with Crippen molar-refractivity contribution in [3.05, 3.63) is 29.3 Å². The van der Waals surface area contributed by atoms with E-state index in [9.17, 15) is 19.2 Å². The fourth-order valence-electron chi connectivity index (χ4n) is 5.26. The molecule has 0 radical (unpaired) electrons. The highest BCUT2D eigenvalue weighted by atomic mass is 16.5. The Morgan fingerprint density at radius 3 is 2.61 bits per heavy atom. The summed E-state index contributed by atoms with van der Waals surface area (Å²) in [6, 6.07) is 4.42. The van der Waals surface area contributed by atoms with Gasteiger partial charge in [0, 0.05) is 44.5 Å². The van der Waals surface area contributed by atoms with Gasteiger partial charge in [-0.15, -0.1) is 0 Å². The number of anilines is 1. The number of nitrogens with one attached hydrogen (secondary N) is 3. The molecule has 4 heterocycles. The van der Waals surface area contributed by atoms with Crippen molar-refractivity contribution in [2.45, 2.75) is 44.2 Å². The summed E-state index contributed by atoms with van der Waals surface area (Å²) in [5.74, 6) is -1.95. The third kappa shape index (κ3) is 3.61. The van der Waals surface area contributed by atoms with Crippen molar-refractivity contribution < 1.29 is 23.9 Å². The molecule has 31 heavy (non-hydrogen) atoms. The van der Waals surface area contributed by atoms with Crippen LogP contribution < -0.4 is 16.0 Å². The first-order chi connectivity index (χ1) is 15.0. The normalized spacial score (nSPS) is 27.9. The molecule has 3 saturated heterocycles. The number of carbonyl (C=O) groups excluding carboxylic acids is 4. The molecule has 1 spiro atoms. The number of ether oxygens (including phenoxy) is 1. The lowest BCUT2D eigenvalue weighted by Crippen LogP contribution is -2.54. The second kappa shape index (κ2) is 7.72. The third-order valence-corrected chi connectivity index (χ3v) is 6.93. The van der Waals surface area contributed by atoms with Crippen LogP contribution in [-0.2, 0) is 14.3 Å². The molecule has 0 saturated carbocycles. The molecule has 164 valence electrons. The minimum absolute atomic E-state index is 0.109. The van der Waals surface area contributed by atoms with Crippen LogP contribution in [0.3, 0.4) is 0 Å². The van der Waals surface area contributed by atoms with Gasteiger partial charge < -0.3 is 15.4 Å². The first kappa shape index (κ1) is 20.1. The van der Waals surface area contributed by atoms with E-state index in [2.05, 4.69) is 16.0 Å². The van der Waals surface area contributed by atoms with Gasteiger partial charge in [-0.25, -0.2) is 0 Å². The topological polar surface area (TPSA) is 117 Å². The van der Waals surface area contributed by atoms with Gasteiger partial charge in [0.1, 0.15) is 6.04 Å². The predicted octanol–water partition coefficient (Wildman–Crippen LogP) is 0.658. The Morgan fingerprint density at radius 2 is 1.84 bits per heavy atom. The molecule has 1 aromatic carbocycles. The number of imide groups is 2. The lowest BCUT2D eigenvalue weighted by molar-refractivity contribution is -0.136. The van der Waals surface area contributed by atoms with E-state index in [1.807, 2.05) is 6.07 Å². The molecule has 0 bridgehead atoms. The lowest BCUT2D eigenvalue weighted by atomic mass is 9.73. The Kier molecular flexibility index (Phi) is 5.02. The van der Waals surface area contributed by atoms with Crippen LogP contribution in [0.5, 0.6) is 0 Å². The second-order valence-electron chi connectivity index (χ2n) is 9.00. The van der Waals surface area contributed by atoms with E-state index < -0.39 is 23.8 Å². The van der Waals surface area contributed by atoms with Gasteiger partial charge in [0.15, 0.2) is 0 Å². The zero-order chi connectivity index (χ0) is 21.6. The Bertz CT molecular complexity index is 950. The smallest absolute Gasteiger partial charge is 0.262 e. The third-order valence-electron chi connectivity index (χ3n) is 6.93. The van der Waals surface area contributed by atoms with E-state index in [-0.39, 0.29) is 30.2 Å². The van der Waals surface area contributed by atoms with Crippen molar-refractivity contribution in [1.82, 2.24) is 15.5 Å². The van der Waals surface area contributed by atoms with E-state index in [4.69, 9.17) is 4.74 Å². The lowest BCUT2D eigenvalue weighted by Gasteiger charge is -2.44. The molecule has 2 atom stereocenters. The molecule has 4 aliphatic heterocycles. The quantitative estimate of drug-likeness (QED) is 0.608. The fourth-order valence-corrected chi connectivity index (χ4v) is 5.26. The molecule has 3 fully saturated rings. The van der Waals surface area contributed by atoms with Crippen LogP contribution in [0, 0.1) is 5.41 Å². The molecule has 5 rings (SSSR count). The summed E-state index contributed by atoms with van der Waals surface area (Å²) in [6.07, 6.45) is 3.36. The minimum Gasteiger partial charge on any atom is -0.381 e. The van der Waals surface area contributed by atoms with Crippen molar-refractivity contribution in [3.8, 4) is 0 Å². The highest BCUT2D eigenvalue weighted by Gasteiger charge is 2.45. The minimum atomic E-state index is -0.947. The summed E-state index contributed by atoms with van der Waals surface area (Å²) in [5.41, 5.74) is 1.60. The van der Waals surface area contributed by atoms with Crippen LogP contribution >= 0.6 is 0 Å². The first-order valence-electron chi connectivity index (χ1n) is 10.9. The van der Waals surface area contributed by atoms with Crippen molar-refractivity contribution in [2.75, 3.05) is 31.6 Å². The highest BCUT2D eigenvalue weighted by molar-refractivity contribution is 6.23. The molecule has 1 aromatic rings. The van der Waals surface area contributed by atoms with Gasteiger partial charge in [-0.1, -0.05) is 0 Å². The van der Waals surface area contributed by atoms with E-state index >= 15 is 0 Å². The predicted molar refractivity (Wildman–Crippen MR) is 110 cm³/mol. The van der Waals surface area contributed by atoms with Gasteiger partial charge in [-0.05, 0) is 49.3 Å². The summed E-state index contributed by atoms with van der Waals surface area (Å²) >= 11 is 0. The number of piperidine rings is 2. The molecular weight excluding hydrogens is 400 g/mol. The molecule has 2 unspecified atom stereocenters. The van der Waals surface area contributed by atoms with Crippen LogP contribution in [-0.4, -0.2) is 66.9 Å². The number of hydrogen-bond donors (Lipinski definition) is 3. The van der Waals surface area contributed by atoms with E-state index in [0.717, 1.165) is 56.2 Å². The van der Waals surface area contributed by atoms with Crippen LogP contribution in [0.15, 0.2) is 18.2 Å². The molecule has 4 aliphatic rings. The monoisotopic (exact) mass is 426 g/mol. The number of rotatable bonds is 3. The Labute approximate surface area is 179 Å². The Hall–Kier alpha value is -2.78. The summed E-state index contributed by atoms with van der Waals surface area (Å²) in [5, 5.41) is 9.26. The van der Waals surface area contributed by atoms with Crippen molar-refractivity contribution in [3.63, 3.8) is 0 Å². The van der Waals surface area contributed by atoms with Gasteiger partial charge >= 0.3 is 0 Å². The molecule has 0 aliphatic carbocycles. The number of amides is 4. The molecule has 3 N–H and O–H groups in total. The summed E-state index contributed by atoms with van der Waals surface area (Å²) < 4.78 is 5.53. The van der Waals surface area contributed by atoms with Crippen molar-refractivity contribution >= 4 is 29.3 Å². The van der Waals surface area contributed by atoms with E-state index in [1.165, 1.54) is 0 Å². The number of benzene rings is 1. The van der Waals surface area contributed by atoms with Gasteiger partial charge in [0.2, 0.25) is 11.8 Å². The average molecular weight is 426 g/mol. The maximum Gasteiger partial charge on any atom is 0.262 e. The fraction of sp³-hybridized carbons (Fsp3) is 0.545. The Balaban J connectivity index is 1.32. The number of hydrogen-bond acceptors (Lipinski definition) is 7. The number of carbonyl (C=O) groups is 4. The van der Waals surface area contributed by atoms with Crippen LogP contribution in [0.4, 0.5) is 5.69 Å². The van der Waals surface area contributed by atoms with Crippen LogP contribution in [0.1, 0.15) is 52.8 Å². The van der Waals surface area contributed by atoms with E-state index in [1.54, 1.807) is 12.1 Å². The standard InChI is InChI=1S/C22H26N4O5/c27-18-4-3-17(19(28)25-18)26-20(29)15-2-1-13(9-16(15)21(26)30)24-14-10-22(12-23-11-14)5-7-31-8-6-22/h1-2,9,14,17,23-24H,3-8,10-12H2,(H,25,27,28). The van der Waals surface area contributed by atoms with E-state index in [0.29, 0.717) is 11.1 Å². The summed E-state index contributed by atoms with van der Waals surface area (Å²) in [4.78, 5) is 50.5. The zero-order valence-corrected chi connectivity index (χ0v) is 17.2. The van der Waals surface area contributed by atoms with Gasteiger partial charge in [-0.3, -0.25) is 29.4 Å². The number of nitrogens with zero attached hydrogens (tertiary/aromatic N) is 1. The maximum absolute atomic E-state index is 13.0. The largest absolute Gasteiger partial charge is 0.381 e. The second-order valence-corrected chi connectivity index (χ2v) is 9.00. The molecule has 9 heteroatoms. The Morgan fingerprint density at radius 1 is 1.06 bits per heavy atom. The van der Waals surface area contributed by atoms with Crippen molar-refractivity contribution in [2.24, 2.45) is 5.41 Å². The first-order valence-corrected chi connectivity index (χ1v) is 10.9. The maximum atomic E-state index is 13.0. The molecule has 4 amide bonds. The van der Waals surface area contributed by atoms with Gasteiger partial charge in [-0.2, -0.15) is 0 Å². The zero-order valence-electron chi connectivity index (χ0n) is 17.2. The molecular formula is C22H26N4O5. The SMILES string of the molecule is O=C1CCC(N2C(=O)c3ccc(NC4CNCC5(CCOCC5)C4)cc3C2=O)C(=O)N1. The average Bonchev–Trinajstić information content (AvgIpc) is 2.99. The molecule has 0 aromatic heterocycles. The highest BCUT2D eigenvalue weighted by Crippen LogP contribution is 2.38. The molecule has 9 nitrogen and oxygen atoms in total. The van der Waals surface area contributed by atoms with Crippen molar-refractivity contribution in [1.29, 1.82) is 0 Å². The summed E-state index contributed by atoms with van der Waals surface area (Å²) in [6.45, 7) is 3.40. The summed E-state index contributed by atoms with van der Waals surface area (Å²) in [7, 11) is 0. The van der Waals surface area contributed by atoms with Gasteiger partial charge in [0.25, 0.3) is 11.8 Å². The van der Waals surface area contributed by atoms with Crippen LogP contribution in [0.25, 0.3) is 0 Å². The number of fused-ring (bicyclic) bond motifs is 1.